The SMILES string of the molecule is CCOC(=O)c1sc(N2C(=O)C(=O)C(=C(O)c3ccc(OC)cc3C)[C@@H]2c2ccc(Br)cc2)nc1C. The highest BCUT2D eigenvalue weighted by atomic mass is 79.9. The molecule has 2 heterocycles. The molecule has 10 heteroatoms. The second-order valence-corrected chi connectivity index (χ2v) is 9.93. The van der Waals surface area contributed by atoms with Crippen LogP contribution in [-0.2, 0) is 14.3 Å². The van der Waals surface area contributed by atoms with Crippen molar-refractivity contribution in [1.29, 1.82) is 0 Å². The summed E-state index contributed by atoms with van der Waals surface area (Å²) < 4.78 is 11.2. The van der Waals surface area contributed by atoms with Crippen LogP contribution in [0, 0.1) is 13.8 Å². The zero-order valence-corrected chi connectivity index (χ0v) is 22.4. The number of ketones is 1. The number of halogens is 1. The molecule has 1 aromatic heterocycles. The minimum Gasteiger partial charge on any atom is -0.507 e. The smallest absolute Gasteiger partial charge is 0.350 e. The monoisotopic (exact) mass is 570 g/mol. The standard InChI is InChI=1S/C26H23BrN2O6S/c1-5-35-25(33)23-14(3)28-26(36-23)29-20(15-6-8-16(27)9-7-15)19(22(31)24(29)32)21(30)18-11-10-17(34-4)12-13(18)2/h6-12,20,30H,5H2,1-4H3/t20-/m0/s1. The van der Waals surface area contributed by atoms with E-state index in [0.717, 1.165) is 15.8 Å². The Morgan fingerprint density at radius 3 is 2.47 bits per heavy atom. The predicted octanol–water partition coefficient (Wildman–Crippen LogP) is 5.33. The van der Waals surface area contributed by atoms with Gasteiger partial charge >= 0.3 is 11.9 Å². The van der Waals surface area contributed by atoms with Crippen molar-refractivity contribution in [2.45, 2.75) is 26.8 Å². The number of nitrogens with zero attached hydrogens (tertiary/aromatic N) is 2. The Labute approximate surface area is 220 Å². The lowest BCUT2D eigenvalue weighted by Gasteiger charge is -2.23. The second-order valence-electron chi connectivity index (χ2n) is 8.03. The maximum absolute atomic E-state index is 13.4. The van der Waals surface area contributed by atoms with Gasteiger partial charge in [-0.05, 0) is 62.2 Å². The Bertz CT molecular complexity index is 1400. The Morgan fingerprint density at radius 2 is 1.86 bits per heavy atom. The number of hydrogen-bond donors (Lipinski definition) is 1. The van der Waals surface area contributed by atoms with Crippen LogP contribution in [0.1, 0.15) is 45.0 Å². The van der Waals surface area contributed by atoms with Crippen molar-refractivity contribution in [2.75, 3.05) is 18.6 Å². The molecule has 1 saturated heterocycles. The Kier molecular flexibility index (Phi) is 7.28. The van der Waals surface area contributed by atoms with E-state index in [-0.39, 0.29) is 27.9 Å². The number of hydrogen-bond acceptors (Lipinski definition) is 8. The van der Waals surface area contributed by atoms with Crippen molar-refractivity contribution < 1.29 is 29.0 Å². The number of anilines is 1. The molecule has 1 aliphatic rings. The number of esters is 1. The molecule has 0 aliphatic carbocycles. The fourth-order valence-electron chi connectivity index (χ4n) is 4.04. The first-order chi connectivity index (χ1) is 17.2. The molecule has 1 amide bonds. The van der Waals surface area contributed by atoms with E-state index in [2.05, 4.69) is 20.9 Å². The molecule has 0 bridgehead atoms. The molecule has 36 heavy (non-hydrogen) atoms. The van der Waals surface area contributed by atoms with Gasteiger partial charge in [-0.2, -0.15) is 0 Å². The molecule has 8 nitrogen and oxygen atoms in total. The van der Waals surface area contributed by atoms with E-state index in [1.807, 2.05) is 0 Å². The largest absolute Gasteiger partial charge is 0.507 e. The van der Waals surface area contributed by atoms with E-state index < -0.39 is 23.7 Å². The van der Waals surface area contributed by atoms with Gasteiger partial charge in [0.1, 0.15) is 16.4 Å². The van der Waals surface area contributed by atoms with Crippen molar-refractivity contribution >= 4 is 55.8 Å². The van der Waals surface area contributed by atoms with Crippen LogP contribution in [0.15, 0.2) is 52.5 Å². The molecule has 4 rings (SSSR count). The summed E-state index contributed by atoms with van der Waals surface area (Å²) in [5.41, 5.74) is 1.98. The maximum atomic E-state index is 13.4. The van der Waals surface area contributed by atoms with Gasteiger partial charge in [0.2, 0.25) is 0 Å². The second kappa shape index (κ2) is 10.2. The minimum absolute atomic E-state index is 0.0684. The highest BCUT2D eigenvalue weighted by Crippen LogP contribution is 2.44. The number of aromatic nitrogens is 1. The zero-order chi connectivity index (χ0) is 26.1. The maximum Gasteiger partial charge on any atom is 0.350 e. The van der Waals surface area contributed by atoms with Crippen molar-refractivity contribution in [2.24, 2.45) is 0 Å². The van der Waals surface area contributed by atoms with Crippen molar-refractivity contribution in [3.05, 3.63) is 79.8 Å². The number of methoxy groups -OCH3 is 1. The van der Waals surface area contributed by atoms with Crippen LogP contribution in [0.2, 0.25) is 0 Å². The number of carbonyl (C=O) groups excluding carboxylic acids is 3. The average molecular weight is 571 g/mol. The molecule has 186 valence electrons. The number of Topliss-reactive ketones (excluding diaryl/α,β-unsaturated/α-hetero) is 1. The summed E-state index contributed by atoms with van der Waals surface area (Å²) in [4.78, 5) is 45.0. The number of aliphatic hydroxyl groups is 1. The highest BCUT2D eigenvalue weighted by Gasteiger charge is 2.48. The summed E-state index contributed by atoms with van der Waals surface area (Å²) in [6.45, 7) is 5.30. The Balaban J connectivity index is 1.92. The van der Waals surface area contributed by atoms with E-state index >= 15 is 0 Å². The summed E-state index contributed by atoms with van der Waals surface area (Å²) >= 11 is 4.37. The Hall–Kier alpha value is -3.50. The summed E-state index contributed by atoms with van der Waals surface area (Å²) in [6.07, 6.45) is 0. The van der Waals surface area contributed by atoms with Crippen molar-refractivity contribution in [1.82, 2.24) is 4.98 Å². The van der Waals surface area contributed by atoms with Gasteiger partial charge < -0.3 is 14.6 Å². The molecule has 1 aliphatic heterocycles. The number of ether oxygens (including phenoxy) is 2. The molecule has 0 spiro atoms. The van der Waals surface area contributed by atoms with Gasteiger partial charge in [-0.25, -0.2) is 9.78 Å². The molecule has 1 atom stereocenters. The first-order valence-electron chi connectivity index (χ1n) is 11.0. The van der Waals surface area contributed by atoms with Gasteiger partial charge in [-0.15, -0.1) is 0 Å². The number of aliphatic hydroxyl groups excluding tert-OH is 1. The number of amides is 1. The molecule has 3 aromatic rings. The van der Waals surface area contributed by atoms with Gasteiger partial charge in [0.15, 0.2) is 5.13 Å². The third kappa shape index (κ3) is 4.54. The van der Waals surface area contributed by atoms with Crippen molar-refractivity contribution in [3.8, 4) is 5.75 Å². The number of benzene rings is 2. The first kappa shape index (κ1) is 25.6. The van der Waals surface area contributed by atoms with E-state index in [0.29, 0.717) is 28.1 Å². The number of aryl methyl sites for hydroxylation is 2. The quantitative estimate of drug-likeness (QED) is 0.184. The van der Waals surface area contributed by atoms with Gasteiger partial charge in [0.05, 0.1) is 31.0 Å². The predicted molar refractivity (Wildman–Crippen MR) is 139 cm³/mol. The fourth-order valence-corrected chi connectivity index (χ4v) is 5.29. The highest BCUT2D eigenvalue weighted by molar-refractivity contribution is 9.10. The summed E-state index contributed by atoms with van der Waals surface area (Å²) in [5.74, 6) is -1.95. The molecule has 1 N–H and O–H groups in total. The third-order valence-electron chi connectivity index (χ3n) is 5.77. The third-order valence-corrected chi connectivity index (χ3v) is 7.44. The van der Waals surface area contributed by atoms with Gasteiger partial charge in [0.25, 0.3) is 5.78 Å². The van der Waals surface area contributed by atoms with Crippen LogP contribution in [0.5, 0.6) is 5.75 Å². The van der Waals surface area contributed by atoms with Crippen LogP contribution in [0.25, 0.3) is 5.76 Å². The molecule has 0 saturated carbocycles. The number of carbonyl (C=O) groups is 3. The molecule has 2 aromatic carbocycles. The summed E-state index contributed by atoms with van der Waals surface area (Å²) in [7, 11) is 1.54. The van der Waals surface area contributed by atoms with E-state index in [4.69, 9.17) is 9.47 Å². The van der Waals surface area contributed by atoms with Gasteiger partial charge in [0, 0.05) is 10.0 Å². The molecule has 0 radical (unpaired) electrons. The summed E-state index contributed by atoms with van der Waals surface area (Å²) in [6, 6.07) is 11.2. The van der Waals surface area contributed by atoms with E-state index in [1.165, 1.54) is 12.0 Å². The lowest BCUT2D eigenvalue weighted by Crippen LogP contribution is -2.29. The summed E-state index contributed by atoms with van der Waals surface area (Å²) in [5, 5.41) is 11.5. The van der Waals surface area contributed by atoms with E-state index in [1.54, 1.807) is 63.2 Å². The lowest BCUT2D eigenvalue weighted by atomic mass is 9.94. The van der Waals surface area contributed by atoms with Crippen LogP contribution >= 0.6 is 27.3 Å². The lowest BCUT2D eigenvalue weighted by molar-refractivity contribution is -0.132. The van der Waals surface area contributed by atoms with Crippen LogP contribution in [0.3, 0.4) is 0 Å². The van der Waals surface area contributed by atoms with Gasteiger partial charge in [-0.1, -0.05) is 39.4 Å². The van der Waals surface area contributed by atoms with Crippen molar-refractivity contribution in [3.63, 3.8) is 0 Å². The molecular weight excluding hydrogens is 548 g/mol. The minimum atomic E-state index is -0.958. The van der Waals surface area contributed by atoms with Crippen LogP contribution < -0.4 is 9.64 Å². The molecular formula is C26H23BrN2O6S. The van der Waals surface area contributed by atoms with Gasteiger partial charge in [-0.3, -0.25) is 14.5 Å². The fraction of sp³-hybridized carbons (Fsp3) is 0.231. The van der Waals surface area contributed by atoms with Crippen LogP contribution in [0.4, 0.5) is 5.13 Å². The van der Waals surface area contributed by atoms with Crippen LogP contribution in [-0.4, -0.2) is 41.5 Å². The normalized spacial score (nSPS) is 16.9. The number of rotatable bonds is 6. The topological polar surface area (TPSA) is 106 Å². The first-order valence-corrected chi connectivity index (χ1v) is 12.6. The Morgan fingerprint density at radius 1 is 1.17 bits per heavy atom. The average Bonchev–Trinajstić information content (AvgIpc) is 3.36. The number of thiazole rings is 1. The molecule has 1 fully saturated rings. The van der Waals surface area contributed by atoms with E-state index in [9.17, 15) is 19.5 Å². The zero-order valence-electron chi connectivity index (χ0n) is 20.0. The molecule has 0 unspecified atom stereocenters.